The first-order chi connectivity index (χ1) is 16.5. The Bertz CT molecular complexity index is 1190. The van der Waals surface area contributed by atoms with Gasteiger partial charge in [-0.15, -0.1) is 0 Å². The van der Waals surface area contributed by atoms with Gasteiger partial charge in [-0.1, -0.05) is 42.5 Å². The van der Waals surface area contributed by atoms with Crippen LogP contribution in [-0.4, -0.2) is 45.4 Å². The molecule has 1 heterocycles. The van der Waals surface area contributed by atoms with Crippen molar-refractivity contribution in [1.29, 1.82) is 0 Å². The van der Waals surface area contributed by atoms with Gasteiger partial charge in [-0.2, -0.15) is 4.31 Å². The van der Waals surface area contributed by atoms with Gasteiger partial charge in [0.2, 0.25) is 15.9 Å². The van der Waals surface area contributed by atoms with Crippen LogP contribution in [0.1, 0.15) is 30.0 Å². The van der Waals surface area contributed by atoms with E-state index in [0.717, 1.165) is 29.7 Å². The Balaban J connectivity index is 1.41. The predicted octanol–water partition coefficient (Wildman–Crippen LogP) is 3.80. The quantitative estimate of drug-likeness (QED) is 0.488. The maximum atomic E-state index is 12.7. The van der Waals surface area contributed by atoms with Crippen LogP contribution in [0.3, 0.4) is 0 Å². The first-order valence-electron chi connectivity index (χ1n) is 11.3. The minimum atomic E-state index is -3.47. The minimum Gasteiger partial charge on any atom is -0.497 e. The Morgan fingerprint density at radius 3 is 2.15 bits per heavy atom. The fraction of sp³-hybridized carbons (Fsp3) is 0.269. The Labute approximate surface area is 200 Å². The Kier molecular flexibility index (Phi) is 7.62. The van der Waals surface area contributed by atoms with Crippen LogP contribution in [0.2, 0.25) is 0 Å². The molecule has 0 spiro atoms. The van der Waals surface area contributed by atoms with Gasteiger partial charge in [0.25, 0.3) is 0 Å². The van der Waals surface area contributed by atoms with E-state index in [2.05, 4.69) is 10.6 Å². The summed E-state index contributed by atoms with van der Waals surface area (Å²) < 4.78 is 32.1. The summed E-state index contributed by atoms with van der Waals surface area (Å²) in [4.78, 5) is 12.9. The molecule has 8 heteroatoms. The lowest BCUT2D eigenvalue weighted by atomic mass is 9.98. The number of benzene rings is 3. The van der Waals surface area contributed by atoms with Gasteiger partial charge in [-0.3, -0.25) is 10.1 Å². The molecule has 3 aromatic rings. The highest BCUT2D eigenvalue weighted by atomic mass is 32.2. The summed E-state index contributed by atoms with van der Waals surface area (Å²) in [6, 6.07) is 23.8. The van der Waals surface area contributed by atoms with E-state index >= 15 is 0 Å². The summed E-state index contributed by atoms with van der Waals surface area (Å²) in [6.07, 6.45) is 1.78. The number of sulfonamides is 1. The van der Waals surface area contributed by atoms with Crippen LogP contribution in [-0.2, 0) is 14.8 Å². The molecule has 0 saturated carbocycles. The maximum Gasteiger partial charge on any atom is 0.243 e. The van der Waals surface area contributed by atoms with Crippen molar-refractivity contribution < 1.29 is 17.9 Å². The number of hydrogen-bond donors (Lipinski definition) is 2. The average Bonchev–Trinajstić information content (AvgIpc) is 3.42. The normalized spacial score (nSPS) is 15.1. The SMILES string of the molecule is COc1ccc(C(NCC(=O)Nc2ccc(S(=O)(=O)N3CCCC3)cc2)c2ccccc2)cc1. The number of rotatable bonds is 9. The number of amides is 1. The van der Waals surface area contributed by atoms with E-state index in [9.17, 15) is 13.2 Å². The van der Waals surface area contributed by atoms with E-state index < -0.39 is 10.0 Å². The molecule has 1 unspecified atom stereocenters. The van der Waals surface area contributed by atoms with Crippen molar-refractivity contribution in [3.8, 4) is 5.75 Å². The van der Waals surface area contributed by atoms with Crippen LogP contribution in [0, 0.1) is 0 Å². The van der Waals surface area contributed by atoms with E-state index in [1.54, 1.807) is 31.4 Å². The third-order valence-electron chi connectivity index (χ3n) is 5.89. The lowest BCUT2D eigenvalue weighted by molar-refractivity contribution is -0.115. The first-order valence-corrected chi connectivity index (χ1v) is 12.7. The van der Waals surface area contributed by atoms with Crippen LogP contribution in [0.5, 0.6) is 5.75 Å². The number of nitrogens with one attached hydrogen (secondary N) is 2. The van der Waals surface area contributed by atoms with E-state index in [-0.39, 0.29) is 23.4 Å². The molecule has 2 N–H and O–H groups in total. The number of nitrogens with zero attached hydrogens (tertiary/aromatic N) is 1. The highest BCUT2D eigenvalue weighted by molar-refractivity contribution is 7.89. The molecule has 1 fully saturated rings. The van der Waals surface area contributed by atoms with E-state index in [4.69, 9.17) is 4.74 Å². The van der Waals surface area contributed by atoms with Crippen molar-refractivity contribution in [2.45, 2.75) is 23.8 Å². The van der Waals surface area contributed by atoms with Crippen molar-refractivity contribution in [1.82, 2.24) is 9.62 Å². The fourth-order valence-corrected chi connectivity index (χ4v) is 5.57. The third-order valence-corrected chi connectivity index (χ3v) is 7.80. The molecule has 34 heavy (non-hydrogen) atoms. The van der Waals surface area contributed by atoms with Crippen molar-refractivity contribution in [2.24, 2.45) is 0 Å². The van der Waals surface area contributed by atoms with Gasteiger partial charge >= 0.3 is 0 Å². The number of methoxy groups -OCH3 is 1. The zero-order chi connectivity index (χ0) is 24.0. The summed E-state index contributed by atoms with van der Waals surface area (Å²) in [5.74, 6) is 0.549. The number of carbonyl (C=O) groups excluding carboxylic acids is 1. The second-order valence-electron chi connectivity index (χ2n) is 8.18. The number of hydrogen-bond acceptors (Lipinski definition) is 5. The molecular formula is C26H29N3O4S. The van der Waals surface area contributed by atoms with Crippen LogP contribution >= 0.6 is 0 Å². The lowest BCUT2D eigenvalue weighted by Crippen LogP contribution is -2.32. The van der Waals surface area contributed by atoms with Crippen LogP contribution < -0.4 is 15.4 Å². The molecule has 1 aliphatic rings. The highest BCUT2D eigenvalue weighted by Crippen LogP contribution is 2.25. The number of anilines is 1. The molecule has 1 saturated heterocycles. The summed E-state index contributed by atoms with van der Waals surface area (Å²) in [5, 5.41) is 6.16. The zero-order valence-electron chi connectivity index (χ0n) is 19.1. The lowest BCUT2D eigenvalue weighted by Gasteiger charge is -2.20. The predicted molar refractivity (Wildman–Crippen MR) is 132 cm³/mol. The summed E-state index contributed by atoms with van der Waals surface area (Å²) in [6.45, 7) is 1.20. The molecule has 0 aromatic heterocycles. The monoisotopic (exact) mass is 479 g/mol. The molecule has 1 atom stereocenters. The van der Waals surface area contributed by atoms with Gasteiger partial charge in [0, 0.05) is 18.8 Å². The minimum absolute atomic E-state index is 0.0828. The second-order valence-corrected chi connectivity index (χ2v) is 10.1. The number of ether oxygens (including phenoxy) is 1. The molecule has 1 aliphatic heterocycles. The van der Waals surface area contributed by atoms with Crippen molar-refractivity contribution >= 4 is 21.6 Å². The van der Waals surface area contributed by atoms with E-state index in [1.165, 1.54) is 4.31 Å². The summed E-state index contributed by atoms with van der Waals surface area (Å²) in [5.41, 5.74) is 2.60. The average molecular weight is 480 g/mol. The number of carbonyl (C=O) groups is 1. The molecule has 7 nitrogen and oxygen atoms in total. The first kappa shape index (κ1) is 23.9. The van der Waals surface area contributed by atoms with E-state index in [1.807, 2.05) is 54.6 Å². The largest absolute Gasteiger partial charge is 0.497 e. The fourth-order valence-electron chi connectivity index (χ4n) is 4.06. The molecule has 4 rings (SSSR count). The van der Waals surface area contributed by atoms with Crippen molar-refractivity contribution in [3.05, 3.63) is 90.0 Å². The molecule has 0 radical (unpaired) electrons. The Morgan fingerprint density at radius 1 is 0.912 bits per heavy atom. The summed E-state index contributed by atoms with van der Waals surface area (Å²) in [7, 11) is -1.85. The van der Waals surface area contributed by atoms with E-state index in [0.29, 0.717) is 18.8 Å². The molecule has 1 amide bonds. The van der Waals surface area contributed by atoms with Gasteiger partial charge < -0.3 is 10.1 Å². The third kappa shape index (κ3) is 5.64. The van der Waals surface area contributed by atoms with Crippen molar-refractivity contribution in [2.75, 3.05) is 32.1 Å². The smallest absolute Gasteiger partial charge is 0.243 e. The van der Waals surface area contributed by atoms with Crippen LogP contribution in [0.4, 0.5) is 5.69 Å². The Morgan fingerprint density at radius 2 is 1.53 bits per heavy atom. The van der Waals surface area contributed by atoms with Gasteiger partial charge in [0.1, 0.15) is 5.75 Å². The van der Waals surface area contributed by atoms with Gasteiger partial charge in [-0.25, -0.2) is 8.42 Å². The molecule has 178 valence electrons. The van der Waals surface area contributed by atoms with Gasteiger partial charge in [0.05, 0.1) is 24.6 Å². The standard InChI is InChI=1S/C26H29N3O4S/c1-33-23-13-9-21(10-14-23)26(20-7-3-2-4-8-20)27-19-25(30)28-22-11-15-24(16-12-22)34(31,32)29-17-5-6-18-29/h2-4,7-16,26-27H,5-6,17-19H2,1H3,(H,28,30). The van der Waals surface area contributed by atoms with Gasteiger partial charge in [-0.05, 0) is 60.4 Å². The maximum absolute atomic E-state index is 12.7. The van der Waals surface area contributed by atoms with Gasteiger partial charge in [0.15, 0.2) is 0 Å². The van der Waals surface area contributed by atoms with Crippen molar-refractivity contribution in [3.63, 3.8) is 0 Å². The molecule has 3 aromatic carbocycles. The topological polar surface area (TPSA) is 87.7 Å². The summed E-state index contributed by atoms with van der Waals surface area (Å²) >= 11 is 0. The molecule has 0 bridgehead atoms. The zero-order valence-corrected chi connectivity index (χ0v) is 19.9. The molecule has 0 aliphatic carbocycles. The van der Waals surface area contributed by atoms with Crippen LogP contribution in [0.15, 0.2) is 83.8 Å². The molecular weight excluding hydrogens is 450 g/mol. The second kappa shape index (κ2) is 10.8. The Hall–Kier alpha value is -3.20. The van der Waals surface area contributed by atoms with Crippen LogP contribution in [0.25, 0.3) is 0 Å². The highest BCUT2D eigenvalue weighted by Gasteiger charge is 2.27.